The Morgan fingerprint density at radius 1 is 1.16 bits per heavy atom. The van der Waals surface area contributed by atoms with Crippen molar-refractivity contribution in [2.24, 2.45) is 11.3 Å². The van der Waals surface area contributed by atoms with Crippen molar-refractivity contribution >= 4 is 0 Å². The number of hydrogen-bond acceptors (Lipinski definition) is 1. The van der Waals surface area contributed by atoms with Gasteiger partial charge in [-0.05, 0) is 54.1 Å². The second kappa shape index (κ2) is 4.34. The maximum atomic E-state index is 11.3. The van der Waals surface area contributed by atoms with Crippen LogP contribution >= 0.6 is 0 Å². The molecule has 1 heteroatoms. The molecule has 19 heavy (non-hydrogen) atoms. The van der Waals surface area contributed by atoms with Crippen LogP contribution in [0.3, 0.4) is 0 Å². The van der Waals surface area contributed by atoms with E-state index in [2.05, 4.69) is 45.0 Å². The van der Waals surface area contributed by atoms with Gasteiger partial charge in [0.25, 0.3) is 0 Å². The van der Waals surface area contributed by atoms with Gasteiger partial charge in [0.05, 0.1) is 5.60 Å². The van der Waals surface area contributed by atoms with Gasteiger partial charge in [0.15, 0.2) is 0 Å². The highest BCUT2D eigenvalue weighted by atomic mass is 16.3. The van der Waals surface area contributed by atoms with Gasteiger partial charge in [-0.2, -0.15) is 0 Å². The molecule has 1 aromatic carbocycles. The van der Waals surface area contributed by atoms with Gasteiger partial charge < -0.3 is 5.11 Å². The molecule has 104 valence electrons. The first-order valence-electron chi connectivity index (χ1n) is 7.74. The van der Waals surface area contributed by atoms with Gasteiger partial charge in [0.1, 0.15) is 0 Å². The quantitative estimate of drug-likeness (QED) is 0.822. The van der Waals surface area contributed by atoms with Crippen LogP contribution in [0, 0.1) is 11.3 Å². The van der Waals surface area contributed by atoms with Crippen molar-refractivity contribution in [1.82, 2.24) is 0 Å². The molecular formula is C18H26O. The normalized spacial score (nSPS) is 34.2. The van der Waals surface area contributed by atoms with E-state index in [1.165, 1.54) is 30.4 Å². The first kappa shape index (κ1) is 13.2. The predicted octanol–water partition coefficient (Wildman–Crippen LogP) is 4.60. The van der Waals surface area contributed by atoms with Crippen LogP contribution in [0.1, 0.15) is 69.9 Å². The van der Waals surface area contributed by atoms with Gasteiger partial charge in [-0.3, -0.25) is 0 Å². The third kappa shape index (κ3) is 2.12. The lowest BCUT2D eigenvalue weighted by molar-refractivity contribution is -0.00230. The number of aliphatic hydroxyl groups is 1. The molecule has 1 nitrogen and oxygen atoms in total. The average molecular weight is 258 g/mol. The Morgan fingerprint density at radius 3 is 2.37 bits per heavy atom. The second-order valence-electron chi connectivity index (χ2n) is 7.59. The van der Waals surface area contributed by atoms with E-state index in [4.69, 9.17) is 0 Å². The maximum absolute atomic E-state index is 11.3. The fourth-order valence-electron chi connectivity index (χ4n) is 4.30. The lowest BCUT2D eigenvalue weighted by atomic mass is 9.73. The third-order valence-corrected chi connectivity index (χ3v) is 5.39. The van der Waals surface area contributed by atoms with Crippen LogP contribution in [0.4, 0.5) is 0 Å². The summed E-state index contributed by atoms with van der Waals surface area (Å²) in [6, 6.07) is 8.64. The van der Waals surface area contributed by atoms with E-state index in [1.54, 1.807) is 0 Å². The standard InChI is InChI=1S/C18H26O/c1-13-11-17(2,3)12-18(13,19)16-10-5-4-9-15(16)14-7-6-8-14/h4-5,9-10,13-14,19H,6-8,11-12H2,1-3H3. The highest BCUT2D eigenvalue weighted by Gasteiger charge is 2.49. The van der Waals surface area contributed by atoms with E-state index in [0.29, 0.717) is 11.8 Å². The molecule has 2 atom stereocenters. The monoisotopic (exact) mass is 258 g/mol. The summed E-state index contributed by atoms with van der Waals surface area (Å²) in [6.45, 7) is 6.78. The van der Waals surface area contributed by atoms with Crippen LogP contribution in [0.25, 0.3) is 0 Å². The molecule has 3 rings (SSSR count). The molecule has 0 spiro atoms. The van der Waals surface area contributed by atoms with Crippen LogP contribution in [0.2, 0.25) is 0 Å². The van der Waals surface area contributed by atoms with E-state index in [-0.39, 0.29) is 5.41 Å². The summed E-state index contributed by atoms with van der Waals surface area (Å²) in [5.74, 6) is 1.04. The maximum Gasteiger partial charge on any atom is 0.0929 e. The van der Waals surface area contributed by atoms with Crippen molar-refractivity contribution in [3.05, 3.63) is 35.4 Å². The molecule has 1 N–H and O–H groups in total. The molecular weight excluding hydrogens is 232 g/mol. The highest BCUT2D eigenvalue weighted by molar-refractivity contribution is 5.37. The van der Waals surface area contributed by atoms with Gasteiger partial charge in [-0.25, -0.2) is 0 Å². The zero-order valence-electron chi connectivity index (χ0n) is 12.4. The first-order chi connectivity index (χ1) is 8.92. The molecule has 2 unspecified atom stereocenters. The number of benzene rings is 1. The molecule has 2 fully saturated rings. The van der Waals surface area contributed by atoms with Crippen LogP contribution in [-0.2, 0) is 5.60 Å². The van der Waals surface area contributed by atoms with Crippen molar-refractivity contribution in [3.8, 4) is 0 Å². The van der Waals surface area contributed by atoms with Crippen LogP contribution in [-0.4, -0.2) is 5.11 Å². The predicted molar refractivity (Wildman–Crippen MR) is 79.1 cm³/mol. The Kier molecular flexibility index (Phi) is 3.01. The van der Waals surface area contributed by atoms with Crippen molar-refractivity contribution < 1.29 is 5.11 Å². The molecule has 2 aliphatic rings. The van der Waals surface area contributed by atoms with E-state index in [9.17, 15) is 5.11 Å². The van der Waals surface area contributed by atoms with Crippen LogP contribution < -0.4 is 0 Å². The summed E-state index contributed by atoms with van der Waals surface area (Å²) < 4.78 is 0. The summed E-state index contributed by atoms with van der Waals surface area (Å²) >= 11 is 0. The van der Waals surface area contributed by atoms with Gasteiger partial charge >= 0.3 is 0 Å². The second-order valence-corrected chi connectivity index (χ2v) is 7.59. The van der Waals surface area contributed by atoms with Gasteiger partial charge in [0, 0.05) is 0 Å². The van der Waals surface area contributed by atoms with Crippen molar-refractivity contribution in [3.63, 3.8) is 0 Å². The Balaban J connectivity index is 2.01. The van der Waals surface area contributed by atoms with Crippen molar-refractivity contribution in [1.29, 1.82) is 0 Å². The molecule has 0 aliphatic heterocycles. The molecule has 0 saturated heterocycles. The molecule has 0 heterocycles. The van der Waals surface area contributed by atoms with E-state index >= 15 is 0 Å². The fraction of sp³-hybridized carbons (Fsp3) is 0.667. The molecule has 0 aromatic heterocycles. The van der Waals surface area contributed by atoms with Gasteiger partial charge in [0.2, 0.25) is 0 Å². The van der Waals surface area contributed by atoms with Crippen molar-refractivity contribution in [2.75, 3.05) is 0 Å². The number of rotatable bonds is 2. The minimum atomic E-state index is -0.615. The largest absolute Gasteiger partial charge is 0.385 e. The summed E-state index contributed by atoms with van der Waals surface area (Å²) in [5.41, 5.74) is 2.27. The van der Waals surface area contributed by atoms with Crippen LogP contribution in [0.15, 0.2) is 24.3 Å². The molecule has 1 aromatic rings. The van der Waals surface area contributed by atoms with E-state index < -0.39 is 5.60 Å². The summed E-state index contributed by atoms with van der Waals surface area (Å²) in [4.78, 5) is 0. The molecule has 0 amide bonds. The fourth-order valence-corrected chi connectivity index (χ4v) is 4.30. The van der Waals surface area contributed by atoms with Gasteiger partial charge in [-0.15, -0.1) is 0 Å². The van der Waals surface area contributed by atoms with Crippen LogP contribution in [0.5, 0.6) is 0 Å². The third-order valence-electron chi connectivity index (χ3n) is 5.39. The molecule has 2 saturated carbocycles. The lowest BCUT2D eigenvalue weighted by Crippen LogP contribution is -2.31. The van der Waals surface area contributed by atoms with Crippen molar-refractivity contribution in [2.45, 2.75) is 64.4 Å². The Hall–Kier alpha value is -0.820. The SMILES string of the molecule is CC1CC(C)(C)CC1(O)c1ccccc1C1CCC1. The van der Waals surface area contributed by atoms with E-state index in [1.807, 2.05) is 0 Å². The Bertz CT molecular complexity index is 472. The average Bonchev–Trinajstić information content (AvgIpc) is 2.46. The summed E-state index contributed by atoms with van der Waals surface area (Å²) in [6.07, 6.45) is 5.95. The summed E-state index contributed by atoms with van der Waals surface area (Å²) in [7, 11) is 0. The minimum Gasteiger partial charge on any atom is -0.385 e. The highest BCUT2D eigenvalue weighted by Crippen LogP contribution is 2.54. The smallest absolute Gasteiger partial charge is 0.0929 e. The topological polar surface area (TPSA) is 20.2 Å². The zero-order chi connectivity index (χ0) is 13.7. The summed E-state index contributed by atoms with van der Waals surface area (Å²) in [5, 5.41) is 11.3. The number of hydrogen-bond donors (Lipinski definition) is 1. The molecule has 0 bridgehead atoms. The van der Waals surface area contributed by atoms with E-state index in [0.717, 1.165) is 12.8 Å². The molecule has 2 aliphatic carbocycles. The van der Waals surface area contributed by atoms with Gasteiger partial charge in [-0.1, -0.05) is 51.5 Å². The minimum absolute atomic E-state index is 0.251. The molecule has 0 radical (unpaired) electrons. The Morgan fingerprint density at radius 2 is 1.84 bits per heavy atom. The lowest BCUT2D eigenvalue weighted by Gasteiger charge is -2.36. The Labute approximate surface area is 117 Å². The first-order valence-corrected chi connectivity index (χ1v) is 7.74. The zero-order valence-corrected chi connectivity index (χ0v) is 12.4.